The monoisotopic (exact) mass is 224 g/mol. The van der Waals surface area contributed by atoms with E-state index in [1.54, 1.807) is 0 Å². The third kappa shape index (κ3) is 1.10. The molecule has 0 radical (unpaired) electrons. The summed E-state index contributed by atoms with van der Waals surface area (Å²) >= 11 is 6.21. The summed E-state index contributed by atoms with van der Waals surface area (Å²) in [5, 5.41) is 0.626. The van der Waals surface area contributed by atoms with E-state index in [0.717, 1.165) is 30.3 Å². The molecular formula is C11H9ClO3. The molecule has 0 N–H and O–H groups in total. The summed E-state index contributed by atoms with van der Waals surface area (Å²) in [6, 6.07) is 0. The smallest absolute Gasteiger partial charge is 0.154 e. The molecule has 0 bridgehead atoms. The van der Waals surface area contributed by atoms with Crippen LogP contribution in [0, 0.1) is 0 Å². The van der Waals surface area contributed by atoms with E-state index in [1.807, 2.05) is 0 Å². The van der Waals surface area contributed by atoms with Crippen molar-refractivity contribution in [2.75, 3.05) is 13.2 Å². The number of hydrogen-bond donors (Lipinski definition) is 0. The summed E-state index contributed by atoms with van der Waals surface area (Å²) in [5.41, 5.74) is 2.44. The van der Waals surface area contributed by atoms with Gasteiger partial charge in [0.2, 0.25) is 0 Å². The number of fused-ring (bicyclic) bond motifs is 2. The van der Waals surface area contributed by atoms with Crippen molar-refractivity contribution in [3.63, 3.8) is 0 Å². The lowest BCUT2D eigenvalue weighted by atomic mass is 10.0. The number of rotatable bonds is 1. The van der Waals surface area contributed by atoms with Gasteiger partial charge in [0.25, 0.3) is 0 Å². The van der Waals surface area contributed by atoms with Gasteiger partial charge in [-0.2, -0.15) is 0 Å². The van der Waals surface area contributed by atoms with Crippen LogP contribution < -0.4 is 9.47 Å². The van der Waals surface area contributed by atoms with Gasteiger partial charge in [-0.1, -0.05) is 11.6 Å². The molecule has 2 aliphatic rings. The number of benzene rings is 1. The molecule has 1 aromatic rings. The fourth-order valence-electron chi connectivity index (χ4n) is 2.21. The third-order valence-electron chi connectivity index (χ3n) is 2.90. The Kier molecular flexibility index (Phi) is 1.89. The van der Waals surface area contributed by atoms with Crippen LogP contribution in [-0.2, 0) is 12.8 Å². The maximum Gasteiger partial charge on any atom is 0.154 e. The predicted molar refractivity (Wildman–Crippen MR) is 55.2 cm³/mol. The Morgan fingerprint density at radius 3 is 2.47 bits per heavy atom. The fraction of sp³-hybridized carbons (Fsp3) is 0.364. The lowest BCUT2D eigenvalue weighted by Gasteiger charge is -2.10. The zero-order valence-corrected chi connectivity index (χ0v) is 8.76. The highest BCUT2D eigenvalue weighted by Crippen LogP contribution is 2.46. The van der Waals surface area contributed by atoms with Crippen LogP contribution in [0.4, 0.5) is 0 Å². The van der Waals surface area contributed by atoms with Gasteiger partial charge in [-0.25, -0.2) is 0 Å². The minimum absolute atomic E-state index is 0.596. The van der Waals surface area contributed by atoms with E-state index in [4.69, 9.17) is 21.1 Å². The second-order valence-electron chi connectivity index (χ2n) is 3.66. The van der Waals surface area contributed by atoms with Gasteiger partial charge in [0, 0.05) is 24.0 Å². The Hall–Kier alpha value is -1.22. The molecule has 0 amide bonds. The third-order valence-corrected chi connectivity index (χ3v) is 3.30. The van der Waals surface area contributed by atoms with Crippen molar-refractivity contribution in [3.8, 4) is 11.5 Å². The van der Waals surface area contributed by atoms with E-state index in [9.17, 15) is 4.79 Å². The first-order chi connectivity index (χ1) is 7.33. The van der Waals surface area contributed by atoms with Crippen molar-refractivity contribution in [2.24, 2.45) is 0 Å². The van der Waals surface area contributed by atoms with Crippen LogP contribution in [0.25, 0.3) is 0 Å². The minimum Gasteiger partial charge on any atom is -0.492 e. The summed E-state index contributed by atoms with van der Waals surface area (Å²) in [6.45, 7) is 1.19. The van der Waals surface area contributed by atoms with Crippen LogP contribution in [0.15, 0.2) is 0 Å². The molecule has 0 atom stereocenters. The summed E-state index contributed by atoms with van der Waals surface area (Å²) in [5.74, 6) is 1.35. The summed E-state index contributed by atoms with van der Waals surface area (Å²) in [4.78, 5) is 11.1. The second kappa shape index (κ2) is 3.14. The lowest BCUT2D eigenvalue weighted by molar-refractivity contribution is 0.111. The SMILES string of the molecule is O=Cc1c2c(c(Cl)c3c1OCC3)OCC2. The maximum atomic E-state index is 11.1. The summed E-state index contributed by atoms with van der Waals surface area (Å²) in [7, 11) is 0. The average Bonchev–Trinajstić information content (AvgIpc) is 2.85. The molecule has 0 unspecified atom stereocenters. The zero-order valence-electron chi connectivity index (χ0n) is 8.01. The number of halogens is 1. The first-order valence-corrected chi connectivity index (χ1v) is 5.28. The van der Waals surface area contributed by atoms with Crippen molar-refractivity contribution in [2.45, 2.75) is 12.8 Å². The Bertz CT molecular complexity index is 419. The first kappa shape index (κ1) is 9.04. The Labute approximate surface area is 91.9 Å². The Morgan fingerprint density at radius 1 is 1.07 bits per heavy atom. The first-order valence-electron chi connectivity index (χ1n) is 4.91. The number of carbonyl (C=O) groups is 1. The molecule has 15 heavy (non-hydrogen) atoms. The van der Waals surface area contributed by atoms with Crippen LogP contribution in [-0.4, -0.2) is 19.5 Å². The summed E-state index contributed by atoms with van der Waals surface area (Å²) < 4.78 is 10.9. The molecule has 0 spiro atoms. The van der Waals surface area contributed by atoms with Crippen molar-refractivity contribution in [3.05, 3.63) is 21.7 Å². The van der Waals surface area contributed by atoms with Crippen molar-refractivity contribution >= 4 is 17.9 Å². The summed E-state index contributed by atoms with van der Waals surface area (Å²) in [6.07, 6.45) is 2.33. The number of ether oxygens (including phenoxy) is 2. The highest BCUT2D eigenvalue weighted by molar-refractivity contribution is 6.33. The Balaban J connectivity index is 2.35. The van der Waals surface area contributed by atoms with Crippen molar-refractivity contribution in [1.82, 2.24) is 0 Å². The van der Waals surface area contributed by atoms with Crippen molar-refractivity contribution < 1.29 is 14.3 Å². The minimum atomic E-state index is 0.596. The van der Waals surface area contributed by atoms with Crippen molar-refractivity contribution in [1.29, 1.82) is 0 Å². The molecule has 2 heterocycles. The lowest BCUT2D eigenvalue weighted by Crippen LogP contribution is -1.95. The largest absolute Gasteiger partial charge is 0.492 e. The molecule has 0 saturated heterocycles. The molecule has 0 fully saturated rings. The predicted octanol–water partition coefficient (Wildman–Crippen LogP) is 2.02. The molecular weight excluding hydrogens is 216 g/mol. The van der Waals surface area contributed by atoms with Gasteiger partial charge in [0.05, 0.1) is 23.8 Å². The molecule has 0 saturated carbocycles. The molecule has 0 aliphatic carbocycles. The normalized spacial score (nSPS) is 16.6. The van der Waals surface area contributed by atoms with E-state index in [2.05, 4.69) is 0 Å². The fourth-order valence-corrected chi connectivity index (χ4v) is 2.56. The number of aldehydes is 1. The van der Waals surface area contributed by atoms with Crippen LogP contribution >= 0.6 is 11.6 Å². The van der Waals surface area contributed by atoms with E-state index in [-0.39, 0.29) is 0 Å². The molecule has 1 aromatic carbocycles. The topological polar surface area (TPSA) is 35.5 Å². The molecule has 3 rings (SSSR count). The molecule has 2 aliphatic heterocycles. The average molecular weight is 225 g/mol. The Morgan fingerprint density at radius 2 is 1.73 bits per heavy atom. The number of hydrogen-bond acceptors (Lipinski definition) is 3. The van der Waals surface area contributed by atoms with Gasteiger partial charge in [-0.15, -0.1) is 0 Å². The molecule has 4 heteroatoms. The van der Waals surface area contributed by atoms with Crippen LogP contribution in [0.3, 0.4) is 0 Å². The quantitative estimate of drug-likeness (QED) is 0.685. The second-order valence-corrected chi connectivity index (χ2v) is 4.04. The zero-order chi connectivity index (χ0) is 10.4. The van der Waals surface area contributed by atoms with E-state index < -0.39 is 0 Å². The van der Waals surface area contributed by atoms with E-state index in [1.165, 1.54) is 0 Å². The van der Waals surface area contributed by atoms with E-state index >= 15 is 0 Å². The highest BCUT2D eigenvalue weighted by Gasteiger charge is 2.30. The molecule has 78 valence electrons. The van der Waals surface area contributed by atoms with Gasteiger partial charge in [0.15, 0.2) is 6.29 Å². The van der Waals surface area contributed by atoms with Gasteiger partial charge >= 0.3 is 0 Å². The van der Waals surface area contributed by atoms with Crippen LogP contribution in [0.1, 0.15) is 21.5 Å². The molecule has 0 aromatic heterocycles. The van der Waals surface area contributed by atoms with Gasteiger partial charge in [-0.05, 0) is 0 Å². The van der Waals surface area contributed by atoms with Gasteiger partial charge in [-0.3, -0.25) is 4.79 Å². The maximum absolute atomic E-state index is 11.1. The van der Waals surface area contributed by atoms with Crippen LogP contribution in [0.5, 0.6) is 11.5 Å². The van der Waals surface area contributed by atoms with Gasteiger partial charge in [0.1, 0.15) is 11.5 Å². The van der Waals surface area contributed by atoms with Crippen LogP contribution in [0.2, 0.25) is 5.02 Å². The highest BCUT2D eigenvalue weighted by atomic mass is 35.5. The van der Waals surface area contributed by atoms with E-state index in [0.29, 0.717) is 35.3 Å². The number of carbonyl (C=O) groups excluding carboxylic acids is 1. The van der Waals surface area contributed by atoms with Gasteiger partial charge < -0.3 is 9.47 Å². The molecule has 3 nitrogen and oxygen atoms in total. The standard InChI is InChI=1S/C11H9ClO3/c12-9-7-2-4-14-10(7)8(5-13)6-1-3-15-11(6)9/h5H,1-4H2.